The second kappa shape index (κ2) is 7.01. The van der Waals surface area contributed by atoms with Gasteiger partial charge in [0, 0.05) is 12.0 Å². The number of halogens is 2. The van der Waals surface area contributed by atoms with Crippen LogP contribution in [0, 0.1) is 5.82 Å². The van der Waals surface area contributed by atoms with Crippen LogP contribution in [0.3, 0.4) is 0 Å². The Balaban J connectivity index is 2.13. The van der Waals surface area contributed by atoms with E-state index in [4.69, 9.17) is 4.74 Å². The van der Waals surface area contributed by atoms with Crippen LogP contribution in [-0.2, 0) is 17.1 Å². The number of nitrogens with zero attached hydrogens (tertiary/aromatic N) is 1. The summed E-state index contributed by atoms with van der Waals surface area (Å²) in [5.74, 6) is 0.775. The topological polar surface area (TPSA) is 55.0 Å². The molecule has 7 heteroatoms. The summed E-state index contributed by atoms with van der Waals surface area (Å²) in [5.41, 5.74) is 0.327. The Morgan fingerprint density at radius 2 is 2.10 bits per heavy atom. The molecule has 1 aromatic carbocycles. The highest BCUT2D eigenvalue weighted by Gasteiger charge is 2.09. The van der Waals surface area contributed by atoms with Gasteiger partial charge in [-0.25, -0.2) is 9.37 Å². The molecule has 106 valence electrons. The number of aromatic nitrogens is 2. The number of hydrogen-bond donors (Lipinski definition) is 1. The minimum Gasteiger partial charge on any atom is -0.378 e. The first kappa shape index (κ1) is 15.2. The average Bonchev–Trinajstić information content (AvgIpc) is 2.44. The summed E-state index contributed by atoms with van der Waals surface area (Å²) in [5, 5.41) is 0. The number of H-pyrrole nitrogens is 1. The van der Waals surface area contributed by atoms with Crippen molar-refractivity contribution in [3.63, 3.8) is 0 Å². The van der Waals surface area contributed by atoms with Crippen molar-refractivity contribution in [1.29, 1.82) is 0 Å². The highest BCUT2D eigenvalue weighted by Crippen LogP contribution is 2.21. The highest BCUT2D eigenvalue weighted by molar-refractivity contribution is 9.10. The van der Waals surface area contributed by atoms with Gasteiger partial charge in [-0.2, -0.15) is 0 Å². The predicted molar refractivity (Wildman–Crippen MR) is 79.2 cm³/mol. The van der Waals surface area contributed by atoms with Crippen LogP contribution in [0.2, 0.25) is 0 Å². The summed E-state index contributed by atoms with van der Waals surface area (Å²) < 4.78 is 18.2. The van der Waals surface area contributed by atoms with Gasteiger partial charge in [0.05, 0.1) is 18.1 Å². The fourth-order valence-corrected chi connectivity index (χ4v) is 2.61. The van der Waals surface area contributed by atoms with Gasteiger partial charge in [-0.15, -0.1) is 11.8 Å². The third kappa shape index (κ3) is 3.91. The number of benzene rings is 1. The lowest BCUT2D eigenvalue weighted by atomic mass is 10.4. The molecule has 0 aliphatic carbocycles. The second-order valence-electron chi connectivity index (χ2n) is 3.95. The number of nitrogens with one attached hydrogen (secondary N) is 1. The van der Waals surface area contributed by atoms with Crippen molar-refractivity contribution < 1.29 is 9.13 Å². The Morgan fingerprint density at radius 1 is 1.40 bits per heavy atom. The monoisotopic (exact) mass is 358 g/mol. The molecular weight excluding hydrogens is 347 g/mol. The normalized spacial score (nSPS) is 10.8. The fraction of sp³-hybridized carbons (Fsp3) is 0.231. The zero-order valence-corrected chi connectivity index (χ0v) is 13.1. The lowest BCUT2D eigenvalue weighted by Crippen LogP contribution is -2.15. The van der Waals surface area contributed by atoms with Gasteiger partial charge in [0.25, 0.3) is 5.56 Å². The Bertz CT molecular complexity index is 646. The van der Waals surface area contributed by atoms with Gasteiger partial charge in [-0.1, -0.05) is 0 Å². The van der Waals surface area contributed by atoms with Crippen LogP contribution in [0.15, 0.2) is 38.4 Å². The zero-order valence-electron chi connectivity index (χ0n) is 10.7. The number of aromatic amines is 1. The van der Waals surface area contributed by atoms with Crippen LogP contribution < -0.4 is 5.56 Å². The van der Waals surface area contributed by atoms with E-state index < -0.39 is 0 Å². The molecule has 0 unspecified atom stereocenters. The van der Waals surface area contributed by atoms with E-state index in [2.05, 4.69) is 25.9 Å². The van der Waals surface area contributed by atoms with Gasteiger partial charge < -0.3 is 9.72 Å². The first-order valence-corrected chi connectivity index (χ1v) is 7.53. The molecule has 0 saturated heterocycles. The van der Waals surface area contributed by atoms with Gasteiger partial charge in [-0.05, 0) is 40.2 Å². The van der Waals surface area contributed by atoms with E-state index in [1.807, 2.05) is 0 Å². The number of ether oxygens (including phenoxy) is 1. The lowest BCUT2D eigenvalue weighted by Gasteiger charge is -2.06. The molecule has 1 aromatic heterocycles. The SMILES string of the molecule is COCc1nc(CSc2ccc(F)cc2)[nH]c(=O)c1Br. The first-order valence-electron chi connectivity index (χ1n) is 5.75. The van der Waals surface area contributed by atoms with Crippen molar-refractivity contribution in [1.82, 2.24) is 9.97 Å². The quantitative estimate of drug-likeness (QED) is 0.834. The van der Waals surface area contributed by atoms with E-state index in [9.17, 15) is 9.18 Å². The average molecular weight is 359 g/mol. The van der Waals surface area contributed by atoms with Crippen molar-refractivity contribution >= 4 is 27.7 Å². The summed E-state index contributed by atoms with van der Waals surface area (Å²) >= 11 is 4.65. The summed E-state index contributed by atoms with van der Waals surface area (Å²) in [6.45, 7) is 0.263. The maximum atomic E-state index is 12.8. The maximum absolute atomic E-state index is 12.8. The molecule has 0 saturated carbocycles. The third-order valence-corrected chi connectivity index (χ3v) is 4.29. The summed E-state index contributed by atoms with van der Waals surface area (Å²) in [7, 11) is 1.54. The Kier molecular flexibility index (Phi) is 5.33. The summed E-state index contributed by atoms with van der Waals surface area (Å²) in [6, 6.07) is 6.17. The van der Waals surface area contributed by atoms with Crippen LogP contribution in [0.1, 0.15) is 11.5 Å². The van der Waals surface area contributed by atoms with Gasteiger partial charge in [0.15, 0.2) is 0 Å². The molecule has 0 aliphatic rings. The van der Waals surface area contributed by atoms with Crippen molar-refractivity contribution in [3.05, 3.63) is 56.4 Å². The summed E-state index contributed by atoms with van der Waals surface area (Å²) in [4.78, 5) is 19.7. The molecule has 0 aliphatic heterocycles. The number of thioether (sulfide) groups is 1. The molecule has 2 rings (SSSR count). The first-order chi connectivity index (χ1) is 9.60. The van der Waals surface area contributed by atoms with E-state index >= 15 is 0 Å². The van der Waals surface area contributed by atoms with Crippen molar-refractivity contribution in [2.45, 2.75) is 17.3 Å². The Morgan fingerprint density at radius 3 is 2.75 bits per heavy atom. The number of rotatable bonds is 5. The van der Waals surface area contributed by atoms with Crippen LogP contribution in [0.5, 0.6) is 0 Å². The molecule has 20 heavy (non-hydrogen) atoms. The van der Waals surface area contributed by atoms with Gasteiger partial charge in [0.1, 0.15) is 16.1 Å². The molecule has 1 N–H and O–H groups in total. The molecule has 0 atom stereocenters. The number of hydrogen-bond acceptors (Lipinski definition) is 4. The molecule has 1 heterocycles. The van der Waals surface area contributed by atoms with E-state index in [1.165, 1.54) is 23.9 Å². The Hall–Kier alpha value is -1.18. The lowest BCUT2D eigenvalue weighted by molar-refractivity contribution is 0.180. The van der Waals surface area contributed by atoms with E-state index in [1.54, 1.807) is 19.2 Å². The molecule has 2 aromatic rings. The van der Waals surface area contributed by atoms with Crippen molar-refractivity contribution in [2.75, 3.05) is 7.11 Å². The molecule has 0 radical (unpaired) electrons. The van der Waals surface area contributed by atoms with Crippen LogP contribution in [0.4, 0.5) is 4.39 Å². The van der Waals surface area contributed by atoms with Gasteiger partial charge >= 0.3 is 0 Å². The molecule has 0 amide bonds. The molecule has 0 fully saturated rings. The highest BCUT2D eigenvalue weighted by atomic mass is 79.9. The fourth-order valence-electron chi connectivity index (χ4n) is 1.54. The molecule has 0 bridgehead atoms. The molecular formula is C13H12BrFN2O2S. The van der Waals surface area contributed by atoms with Crippen LogP contribution in [-0.4, -0.2) is 17.1 Å². The van der Waals surface area contributed by atoms with Crippen LogP contribution in [0.25, 0.3) is 0 Å². The van der Waals surface area contributed by atoms with Crippen molar-refractivity contribution in [2.24, 2.45) is 0 Å². The van der Waals surface area contributed by atoms with Crippen LogP contribution >= 0.6 is 27.7 Å². The third-order valence-electron chi connectivity index (χ3n) is 2.45. The minimum absolute atomic E-state index is 0.234. The standard InChI is InChI=1S/C13H12BrFN2O2S/c1-19-6-10-12(14)13(18)17-11(16-10)7-20-9-4-2-8(15)3-5-9/h2-5H,6-7H2,1H3,(H,16,17,18). The van der Waals surface area contributed by atoms with E-state index in [0.29, 0.717) is 21.7 Å². The van der Waals surface area contributed by atoms with E-state index in [-0.39, 0.29) is 18.0 Å². The number of methoxy groups -OCH3 is 1. The molecule has 0 spiro atoms. The zero-order chi connectivity index (χ0) is 14.5. The predicted octanol–water partition coefficient (Wildman–Crippen LogP) is 3.11. The summed E-state index contributed by atoms with van der Waals surface area (Å²) in [6.07, 6.45) is 0. The van der Waals surface area contributed by atoms with E-state index in [0.717, 1.165) is 4.90 Å². The second-order valence-corrected chi connectivity index (χ2v) is 5.79. The smallest absolute Gasteiger partial charge is 0.265 e. The minimum atomic E-state index is -0.271. The van der Waals surface area contributed by atoms with Gasteiger partial charge in [-0.3, -0.25) is 4.79 Å². The maximum Gasteiger partial charge on any atom is 0.265 e. The Labute approximate surface area is 127 Å². The largest absolute Gasteiger partial charge is 0.378 e. The van der Waals surface area contributed by atoms with Gasteiger partial charge in [0.2, 0.25) is 0 Å². The van der Waals surface area contributed by atoms with Crippen molar-refractivity contribution in [3.8, 4) is 0 Å². The molecule has 4 nitrogen and oxygen atoms in total.